The summed E-state index contributed by atoms with van der Waals surface area (Å²) in [6.45, 7) is 2.42. The molecule has 2 radical (unpaired) electrons. The number of hydrogen-bond acceptors (Lipinski definition) is 4. The highest BCUT2D eigenvalue weighted by atomic mass is 35.5. The molecule has 0 fully saturated rings. The number of amides is 1. The Morgan fingerprint density at radius 3 is 2.94 bits per heavy atom. The first-order valence-electron chi connectivity index (χ1n) is 9.77. The smallest absolute Gasteiger partial charge is 0.274 e. The van der Waals surface area contributed by atoms with E-state index in [0.717, 1.165) is 16.5 Å². The first-order valence-corrected chi connectivity index (χ1v) is 10.2. The van der Waals surface area contributed by atoms with Crippen LogP contribution < -0.4 is 11.0 Å². The number of aromatic amines is 1. The first-order chi connectivity index (χ1) is 14.8. The average Bonchev–Trinajstić information content (AvgIpc) is 3.17. The Balaban J connectivity index is 1.61. The fraction of sp³-hybridized carbons (Fsp3) is 0.227. The Kier molecular flexibility index (Phi) is 4.64. The summed E-state index contributed by atoms with van der Waals surface area (Å²) in [7, 11) is 7.85. The van der Waals surface area contributed by atoms with Gasteiger partial charge >= 0.3 is 0 Å². The van der Waals surface area contributed by atoms with Crippen molar-refractivity contribution in [3.63, 3.8) is 0 Å². The molecule has 0 spiro atoms. The number of imidazole rings is 1. The van der Waals surface area contributed by atoms with Crippen molar-refractivity contribution in [1.82, 2.24) is 19.3 Å². The van der Waals surface area contributed by atoms with E-state index < -0.39 is 6.04 Å². The van der Waals surface area contributed by atoms with E-state index in [2.05, 4.69) is 9.97 Å². The molecule has 4 heterocycles. The van der Waals surface area contributed by atoms with Crippen LogP contribution >= 0.6 is 11.6 Å². The molecular weight excluding hydrogens is 415 g/mol. The zero-order valence-electron chi connectivity index (χ0n) is 17.0. The molecule has 3 aromatic heterocycles. The van der Waals surface area contributed by atoms with Crippen LogP contribution in [0, 0.1) is 6.92 Å². The summed E-state index contributed by atoms with van der Waals surface area (Å²) >= 11 is 6.04. The van der Waals surface area contributed by atoms with Gasteiger partial charge in [0.1, 0.15) is 19.2 Å². The van der Waals surface area contributed by atoms with Gasteiger partial charge in [0.2, 0.25) is 0 Å². The van der Waals surface area contributed by atoms with Crippen molar-refractivity contribution in [2.75, 3.05) is 13.7 Å². The minimum atomic E-state index is -0.411. The van der Waals surface area contributed by atoms with Crippen molar-refractivity contribution in [2.24, 2.45) is 0 Å². The molecule has 31 heavy (non-hydrogen) atoms. The van der Waals surface area contributed by atoms with Crippen LogP contribution in [0.25, 0.3) is 16.4 Å². The van der Waals surface area contributed by atoms with Gasteiger partial charge in [0.25, 0.3) is 11.5 Å². The van der Waals surface area contributed by atoms with Gasteiger partial charge in [-0.25, -0.2) is 4.98 Å². The standard InChI is InChI=1S/C22H18BClN4O3/c1-11-5-14-13(6-15(11)23)20-17(26-21(14)29)9-31-10-18(20)27(2)22(30)16-8-28-7-12(24)3-4-19(28)25-16/h3-8,18H,9-10H2,1-2H3,(H,26,29). The molecule has 0 saturated heterocycles. The fourth-order valence-electron chi connectivity index (χ4n) is 4.12. The maximum Gasteiger partial charge on any atom is 0.274 e. The van der Waals surface area contributed by atoms with Gasteiger partial charge in [0.05, 0.1) is 24.3 Å². The molecule has 1 atom stereocenters. The first kappa shape index (κ1) is 19.8. The van der Waals surface area contributed by atoms with Crippen molar-refractivity contribution in [3.05, 3.63) is 74.6 Å². The number of benzene rings is 1. The second kappa shape index (κ2) is 7.25. The van der Waals surface area contributed by atoms with E-state index in [-0.39, 0.29) is 18.1 Å². The van der Waals surface area contributed by atoms with Crippen molar-refractivity contribution < 1.29 is 9.53 Å². The molecule has 0 saturated carbocycles. The summed E-state index contributed by atoms with van der Waals surface area (Å²) in [5.41, 5.74) is 3.63. The van der Waals surface area contributed by atoms with E-state index in [0.29, 0.717) is 39.5 Å². The van der Waals surface area contributed by atoms with E-state index in [9.17, 15) is 9.59 Å². The number of fused-ring (bicyclic) bond motifs is 4. The lowest BCUT2D eigenvalue weighted by Gasteiger charge is -2.33. The Labute approximate surface area is 184 Å². The number of nitrogens with one attached hydrogen (secondary N) is 1. The number of aryl methyl sites for hydroxylation is 1. The molecule has 154 valence electrons. The van der Waals surface area contributed by atoms with E-state index in [1.165, 1.54) is 0 Å². The molecule has 5 rings (SSSR count). The number of likely N-dealkylation sites (N-methyl/N-ethyl adjacent to an activating group) is 1. The summed E-state index contributed by atoms with van der Waals surface area (Å²) in [4.78, 5) is 34.8. The molecule has 0 aliphatic carbocycles. The Morgan fingerprint density at radius 1 is 1.32 bits per heavy atom. The van der Waals surface area contributed by atoms with Gasteiger partial charge in [-0.05, 0) is 30.5 Å². The number of ether oxygens (including phenoxy) is 1. The number of pyridine rings is 2. The number of rotatable bonds is 2. The van der Waals surface area contributed by atoms with Gasteiger partial charge in [-0.3, -0.25) is 9.59 Å². The largest absolute Gasteiger partial charge is 0.373 e. The summed E-state index contributed by atoms with van der Waals surface area (Å²) < 4.78 is 7.42. The van der Waals surface area contributed by atoms with Gasteiger partial charge in [-0.15, -0.1) is 0 Å². The molecule has 1 aromatic carbocycles. The number of carbonyl (C=O) groups excluding carboxylic acids is 1. The van der Waals surface area contributed by atoms with Crippen molar-refractivity contribution >= 4 is 47.2 Å². The molecule has 1 unspecified atom stereocenters. The van der Waals surface area contributed by atoms with Crippen LogP contribution in [0.15, 0.2) is 41.5 Å². The maximum atomic E-state index is 13.3. The number of hydrogen-bond donors (Lipinski definition) is 1. The molecule has 1 amide bonds. The minimum Gasteiger partial charge on any atom is -0.373 e. The van der Waals surface area contributed by atoms with Crippen LogP contribution in [-0.4, -0.2) is 46.7 Å². The third-order valence-electron chi connectivity index (χ3n) is 5.81. The highest BCUT2D eigenvalue weighted by Gasteiger charge is 2.32. The van der Waals surface area contributed by atoms with Crippen LogP contribution in [0.2, 0.25) is 5.02 Å². The van der Waals surface area contributed by atoms with Crippen molar-refractivity contribution in [3.8, 4) is 0 Å². The highest BCUT2D eigenvalue weighted by Crippen LogP contribution is 2.33. The molecule has 1 N–H and O–H groups in total. The normalized spacial score (nSPS) is 15.9. The molecule has 0 bridgehead atoms. The molecular formula is C22H18BClN4O3. The predicted octanol–water partition coefficient (Wildman–Crippen LogP) is 2.27. The van der Waals surface area contributed by atoms with Crippen LogP contribution in [0.4, 0.5) is 0 Å². The van der Waals surface area contributed by atoms with Gasteiger partial charge < -0.3 is 19.0 Å². The summed E-state index contributed by atoms with van der Waals surface area (Å²) in [6, 6.07) is 6.65. The Bertz CT molecular complexity index is 1430. The van der Waals surface area contributed by atoms with Gasteiger partial charge in [-0.2, -0.15) is 0 Å². The SMILES string of the molecule is [B]c1cc2c3c([nH]c(=O)c2cc1C)COCC3N(C)C(=O)c1cn2cc(Cl)ccc2n1. The van der Waals surface area contributed by atoms with E-state index in [1.807, 2.05) is 13.0 Å². The van der Waals surface area contributed by atoms with Gasteiger partial charge in [0, 0.05) is 36.1 Å². The minimum absolute atomic E-state index is 0.202. The van der Waals surface area contributed by atoms with Crippen molar-refractivity contribution in [1.29, 1.82) is 0 Å². The second-order valence-electron chi connectivity index (χ2n) is 7.79. The zero-order chi connectivity index (χ0) is 21.9. The molecule has 4 aromatic rings. The van der Waals surface area contributed by atoms with Gasteiger partial charge in [-0.1, -0.05) is 28.7 Å². The summed E-state index contributed by atoms with van der Waals surface area (Å²) in [5.74, 6) is -0.263. The number of H-pyrrole nitrogens is 1. The lowest BCUT2D eigenvalue weighted by Crippen LogP contribution is -2.38. The van der Waals surface area contributed by atoms with Crippen LogP contribution in [0.5, 0.6) is 0 Å². The maximum absolute atomic E-state index is 13.3. The molecule has 1 aliphatic rings. The third kappa shape index (κ3) is 3.23. The van der Waals surface area contributed by atoms with Crippen LogP contribution in [-0.2, 0) is 11.3 Å². The van der Waals surface area contributed by atoms with E-state index >= 15 is 0 Å². The lowest BCUT2D eigenvalue weighted by atomic mass is 9.86. The number of nitrogens with zero attached hydrogens (tertiary/aromatic N) is 3. The van der Waals surface area contributed by atoms with Crippen molar-refractivity contribution in [2.45, 2.75) is 19.6 Å². The van der Waals surface area contributed by atoms with Gasteiger partial charge in [0.15, 0.2) is 0 Å². The zero-order valence-corrected chi connectivity index (χ0v) is 17.7. The van der Waals surface area contributed by atoms with E-state index in [1.54, 1.807) is 46.9 Å². The fourth-order valence-corrected chi connectivity index (χ4v) is 4.28. The molecule has 1 aliphatic heterocycles. The second-order valence-corrected chi connectivity index (χ2v) is 8.22. The monoisotopic (exact) mass is 432 g/mol. The number of halogens is 1. The topological polar surface area (TPSA) is 79.7 Å². The lowest BCUT2D eigenvalue weighted by molar-refractivity contribution is 0.0333. The predicted molar refractivity (Wildman–Crippen MR) is 119 cm³/mol. The van der Waals surface area contributed by atoms with E-state index in [4.69, 9.17) is 24.2 Å². The third-order valence-corrected chi connectivity index (χ3v) is 6.03. The van der Waals surface area contributed by atoms with Crippen LogP contribution in [0.1, 0.15) is 33.4 Å². The van der Waals surface area contributed by atoms with Crippen LogP contribution in [0.3, 0.4) is 0 Å². The molecule has 9 heteroatoms. The average molecular weight is 433 g/mol. The summed E-state index contributed by atoms with van der Waals surface area (Å²) in [5, 5.41) is 1.83. The highest BCUT2D eigenvalue weighted by molar-refractivity contribution is 6.34. The Hall–Kier alpha value is -3.10. The number of carbonyl (C=O) groups is 1. The molecule has 7 nitrogen and oxygen atoms in total. The summed E-state index contributed by atoms with van der Waals surface area (Å²) in [6.07, 6.45) is 3.35. The number of aromatic nitrogens is 3. The quantitative estimate of drug-likeness (QED) is 0.493. The Morgan fingerprint density at radius 2 is 2.13 bits per heavy atom.